The fraction of sp³-hybridized carbons (Fsp3) is 0.429. The summed E-state index contributed by atoms with van der Waals surface area (Å²) in [4.78, 5) is 0. The maximum atomic E-state index is 5.43. The van der Waals surface area contributed by atoms with Gasteiger partial charge in [-0.25, -0.2) is 0 Å². The number of piperidine rings is 1. The van der Waals surface area contributed by atoms with Crippen LogP contribution in [0.2, 0.25) is 0 Å². The zero-order valence-corrected chi connectivity index (χ0v) is 9.57. The van der Waals surface area contributed by atoms with E-state index in [9.17, 15) is 0 Å². The molecule has 0 saturated carbocycles. The van der Waals surface area contributed by atoms with E-state index in [-0.39, 0.29) is 0 Å². The molecule has 1 N–H and O–H groups in total. The first-order chi connectivity index (χ1) is 7.90. The lowest BCUT2D eigenvalue weighted by Gasteiger charge is -2.37. The maximum Gasteiger partial charge on any atom is 0.122 e. The Hall–Kier alpha value is -1.44. The molecule has 2 atom stereocenters. The van der Waals surface area contributed by atoms with Crippen LogP contribution in [0.4, 0.5) is 0 Å². The molecular weight excluding hydrogens is 198 g/mol. The molecule has 3 aliphatic rings. The number of hydrogen-bond acceptors (Lipinski definition) is 2. The van der Waals surface area contributed by atoms with E-state index in [1.807, 2.05) is 0 Å². The highest BCUT2D eigenvalue weighted by Crippen LogP contribution is 2.40. The van der Waals surface area contributed by atoms with E-state index in [1.54, 1.807) is 7.11 Å². The highest BCUT2D eigenvalue weighted by molar-refractivity contribution is 5.45. The molecule has 0 amide bonds. The van der Waals surface area contributed by atoms with Gasteiger partial charge in [-0.1, -0.05) is 18.2 Å². The summed E-state index contributed by atoms with van der Waals surface area (Å²) in [7, 11) is 1.75. The second-order valence-corrected chi connectivity index (χ2v) is 4.57. The number of fused-ring (bicyclic) bond motifs is 3. The minimum atomic E-state index is 0.507. The first-order valence-corrected chi connectivity index (χ1v) is 5.98. The third-order valence-electron chi connectivity index (χ3n) is 3.73. The molecule has 0 radical (unpaired) electrons. The van der Waals surface area contributed by atoms with Crippen LogP contribution in [0.25, 0.3) is 0 Å². The van der Waals surface area contributed by atoms with Crippen molar-refractivity contribution in [2.45, 2.75) is 12.8 Å². The Bertz CT molecular complexity index is 414. The molecule has 0 aromatic carbocycles. The van der Waals surface area contributed by atoms with Crippen LogP contribution >= 0.6 is 0 Å². The minimum Gasteiger partial charge on any atom is -0.496 e. The van der Waals surface area contributed by atoms with Gasteiger partial charge in [-0.2, -0.15) is 0 Å². The van der Waals surface area contributed by atoms with E-state index in [4.69, 9.17) is 4.74 Å². The SMILES string of the molecule is COC1=CC=CC2C1=CC=C1NCCCC12. The van der Waals surface area contributed by atoms with E-state index >= 15 is 0 Å². The van der Waals surface area contributed by atoms with Crippen molar-refractivity contribution in [3.8, 4) is 0 Å². The number of ether oxygens (including phenoxy) is 1. The predicted octanol–water partition coefficient (Wildman–Crippen LogP) is 2.53. The van der Waals surface area contributed by atoms with Gasteiger partial charge in [-0.3, -0.25) is 0 Å². The van der Waals surface area contributed by atoms with Crippen LogP contribution in [-0.2, 0) is 4.74 Å². The zero-order chi connectivity index (χ0) is 11.0. The summed E-state index contributed by atoms with van der Waals surface area (Å²) in [6, 6.07) is 0. The number of allylic oxidation sites excluding steroid dienone is 7. The molecule has 84 valence electrons. The Balaban J connectivity index is 1.98. The summed E-state index contributed by atoms with van der Waals surface area (Å²) in [5.41, 5.74) is 2.74. The van der Waals surface area contributed by atoms with Gasteiger partial charge in [0, 0.05) is 29.7 Å². The van der Waals surface area contributed by atoms with Crippen molar-refractivity contribution in [1.29, 1.82) is 0 Å². The third kappa shape index (κ3) is 1.41. The van der Waals surface area contributed by atoms with Crippen LogP contribution in [0.3, 0.4) is 0 Å². The molecule has 1 aliphatic heterocycles. The number of nitrogens with one attached hydrogen (secondary N) is 1. The number of methoxy groups -OCH3 is 1. The van der Waals surface area contributed by atoms with E-state index in [1.165, 1.54) is 24.1 Å². The molecule has 2 nitrogen and oxygen atoms in total. The van der Waals surface area contributed by atoms with Crippen LogP contribution in [0.1, 0.15) is 12.8 Å². The maximum absolute atomic E-state index is 5.43. The normalized spacial score (nSPS) is 31.4. The van der Waals surface area contributed by atoms with Gasteiger partial charge in [0.25, 0.3) is 0 Å². The monoisotopic (exact) mass is 215 g/mol. The smallest absolute Gasteiger partial charge is 0.122 e. The second-order valence-electron chi connectivity index (χ2n) is 4.57. The molecule has 0 bridgehead atoms. The van der Waals surface area contributed by atoms with Crippen molar-refractivity contribution >= 4 is 0 Å². The number of rotatable bonds is 1. The lowest BCUT2D eigenvalue weighted by atomic mass is 9.74. The van der Waals surface area contributed by atoms with Crippen molar-refractivity contribution < 1.29 is 4.74 Å². The summed E-state index contributed by atoms with van der Waals surface area (Å²) < 4.78 is 5.43. The Morgan fingerprint density at radius 2 is 2.25 bits per heavy atom. The van der Waals surface area contributed by atoms with Crippen LogP contribution in [0.15, 0.2) is 47.4 Å². The van der Waals surface area contributed by atoms with Gasteiger partial charge in [0.2, 0.25) is 0 Å². The van der Waals surface area contributed by atoms with Gasteiger partial charge < -0.3 is 10.1 Å². The minimum absolute atomic E-state index is 0.507. The molecule has 16 heavy (non-hydrogen) atoms. The van der Waals surface area contributed by atoms with E-state index in [0.29, 0.717) is 11.8 Å². The summed E-state index contributed by atoms with van der Waals surface area (Å²) in [5, 5.41) is 3.51. The zero-order valence-electron chi connectivity index (χ0n) is 9.57. The first-order valence-electron chi connectivity index (χ1n) is 5.98. The van der Waals surface area contributed by atoms with Gasteiger partial charge in [0.1, 0.15) is 5.76 Å². The van der Waals surface area contributed by atoms with Gasteiger partial charge in [-0.15, -0.1) is 0 Å². The van der Waals surface area contributed by atoms with Crippen molar-refractivity contribution in [3.05, 3.63) is 47.4 Å². The molecule has 1 fully saturated rings. The predicted molar refractivity (Wildman–Crippen MR) is 64.6 cm³/mol. The summed E-state index contributed by atoms with van der Waals surface area (Å²) in [6.07, 6.45) is 13.5. The molecule has 1 saturated heterocycles. The fourth-order valence-corrected chi connectivity index (χ4v) is 2.93. The van der Waals surface area contributed by atoms with Crippen LogP contribution in [0, 0.1) is 11.8 Å². The lowest BCUT2D eigenvalue weighted by Crippen LogP contribution is -2.34. The molecule has 2 aliphatic carbocycles. The van der Waals surface area contributed by atoms with E-state index in [2.05, 4.69) is 35.7 Å². The third-order valence-corrected chi connectivity index (χ3v) is 3.73. The van der Waals surface area contributed by atoms with E-state index < -0.39 is 0 Å². The topological polar surface area (TPSA) is 21.3 Å². The largest absolute Gasteiger partial charge is 0.496 e. The Morgan fingerprint density at radius 3 is 3.12 bits per heavy atom. The van der Waals surface area contributed by atoms with Crippen molar-refractivity contribution in [2.24, 2.45) is 11.8 Å². The Labute approximate surface area is 96.4 Å². The molecule has 3 rings (SSSR count). The Kier molecular flexibility index (Phi) is 2.35. The van der Waals surface area contributed by atoms with Crippen molar-refractivity contribution in [2.75, 3.05) is 13.7 Å². The van der Waals surface area contributed by atoms with Crippen molar-refractivity contribution in [1.82, 2.24) is 5.32 Å². The molecule has 2 unspecified atom stereocenters. The second kappa shape index (κ2) is 3.85. The highest BCUT2D eigenvalue weighted by Gasteiger charge is 2.33. The average molecular weight is 215 g/mol. The molecule has 0 spiro atoms. The average Bonchev–Trinajstić information content (AvgIpc) is 2.37. The molecule has 1 heterocycles. The first kappa shape index (κ1) is 9.76. The summed E-state index contributed by atoms with van der Waals surface area (Å²) >= 11 is 0. The van der Waals surface area contributed by atoms with Crippen LogP contribution < -0.4 is 5.32 Å². The molecule has 2 heteroatoms. The summed E-state index contributed by atoms with van der Waals surface area (Å²) in [5.74, 6) is 2.16. The molecule has 0 aromatic rings. The molecular formula is C14H17NO. The summed E-state index contributed by atoms with van der Waals surface area (Å²) in [6.45, 7) is 1.12. The number of hydrogen-bond donors (Lipinski definition) is 1. The van der Waals surface area contributed by atoms with E-state index in [0.717, 1.165) is 12.3 Å². The van der Waals surface area contributed by atoms with Crippen LogP contribution in [0.5, 0.6) is 0 Å². The molecule has 0 aromatic heterocycles. The van der Waals surface area contributed by atoms with Crippen LogP contribution in [-0.4, -0.2) is 13.7 Å². The van der Waals surface area contributed by atoms with Gasteiger partial charge >= 0.3 is 0 Å². The van der Waals surface area contributed by atoms with Gasteiger partial charge in [0.15, 0.2) is 0 Å². The van der Waals surface area contributed by atoms with Crippen molar-refractivity contribution in [3.63, 3.8) is 0 Å². The highest BCUT2D eigenvalue weighted by atomic mass is 16.5. The Morgan fingerprint density at radius 1 is 1.31 bits per heavy atom. The quantitative estimate of drug-likeness (QED) is 0.725. The van der Waals surface area contributed by atoms with Gasteiger partial charge in [0.05, 0.1) is 7.11 Å². The van der Waals surface area contributed by atoms with Gasteiger partial charge in [-0.05, 0) is 25.0 Å². The standard InChI is InChI=1S/C14H17NO/c1-16-14-6-2-4-10-11-5-3-9-15-13(11)8-7-12(10)14/h2,4,6-8,10-11,15H,3,5,9H2,1H3. The fourth-order valence-electron chi connectivity index (χ4n) is 2.93. The lowest BCUT2D eigenvalue weighted by molar-refractivity contribution is 0.280.